The lowest BCUT2D eigenvalue weighted by Gasteiger charge is -2.36. The number of sulfonamides is 1. The summed E-state index contributed by atoms with van der Waals surface area (Å²) in [7, 11) is -4.34. The average molecular weight is 517 g/mol. The van der Waals surface area contributed by atoms with E-state index in [-0.39, 0.29) is 55.0 Å². The Bertz CT molecular complexity index is 1200. The van der Waals surface area contributed by atoms with Gasteiger partial charge in [0.2, 0.25) is 27.7 Å². The van der Waals surface area contributed by atoms with E-state index in [0.29, 0.717) is 0 Å². The molecule has 13 heteroatoms. The predicted octanol–water partition coefficient (Wildman–Crippen LogP) is 3.12. The summed E-state index contributed by atoms with van der Waals surface area (Å²) in [6.45, 7) is 4.18. The molecule has 0 saturated carbocycles. The number of rotatable bonds is 7. The van der Waals surface area contributed by atoms with Crippen LogP contribution in [0.4, 0.5) is 13.2 Å². The second-order valence-electron chi connectivity index (χ2n) is 8.43. The topological polar surface area (TPSA) is 119 Å². The zero-order valence-corrected chi connectivity index (χ0v) is 20.3. The maximum atomic E-state index is 14.2. The summed E-state index contributed by atoms with van der Waals surface area (Å²) in [6, 6.07) is 6.32. The number of carbonyl (C=O) groups is 2. The number of carbonyl (C=O) groups excluding carboxylic acids is 2. The van der Waals surface area contributed by atoms with E-state index in [2.05, 4.69) is 9.97 Å². The Hall–Kier alpha value is -2.96. The molecule has 2 atom stereocenters. The number of hydrogen-bond acceptors (Lipinski definition) is 7. The van der Waals surface area contributed by atoms with Crippen molar-refractivity contribution in [1.82, 2.24) is 19.6 Å². The van der Waals surface area contributed by atoms with Crippen LogP contribution in [0.1, 0.15) is 51.0 Å². The zero-order chi connectivity index (χ0) is 26.0. The number of para-hydroxylation sites is 2. The van der Waals surface area contributed by atoms with Crippen LogP contribution in [-0.2, 0) is 19.6 Å². The molecule has 1 N–H and O–H groups in total. The van der Waals surface area contributed by atoms with Gasteiger partial charge in [-0.25, -0.2) is 18.4 Å². The molecule has 0 bridgehead atoms. The van der Waals surface area contributed by atoms with Crippen molar-refractivity contribution in [3.05, 3.63) is 30.0 Å². The Morgan fingerprint density at radius 3 is 2.20 bits per heavy atom. The van der Waals surface area contributed by atoms with Crippen LogP contribution in [0, 0.1) is 5.92 Å². The number of halogens is 3. The summed E-state index contributed by atoms with van der Waals surface area (Å²) < 4.78 is 75.4. The first kappa shape index (κ1) is 26.6. The Morgan fingerprint density at radius 1 is 1.14 bits per heavy atom. The number of aromatic nitrogens is 2. The molecule has 2 unspecified atom stereocenters. The van der Waals surface area contributed by atoms with Crippen LogP contribution >= 0.6 is 0 Å². The van der Waals surface area contributed by atoms with E-state index in [9.17, 15) is 31.2 Å². The largest absolute Gasteiger partial charge is 0.463 e. The lowest BCUT2D eigenvalue weighted by molar-refractivity contribution is -0.214. The van der Waals surface area contributed by atoms with Crippen molar-refractivity contribution in [3.8, 4) is 5.88 Å². The first-order chi connectivity index (χ1) is 16.3. The minimum absolute atomic E-state index is 0.0570. The fourth-order valence-corrected chi connectivity index (χ4v) is 5.62. The van der Waals surface area contributed by atoms with Crippen LogP contribution in [0.5, 0.6) is 5.88 Å². The maximum absolute atomic E-state index is 14.2. The third kappa shape index (κ3) is 6.19. The fourth-order valence-electron chi connectivity index (χ4n) is 4.19. The average Bonchev–Trinajstić information content (AvgIpc) is 2.76. The van der Waals surface area contributed by atoms with Gasteiger partial charge < -0.3 is 9.64 Å². The Labute approximate surface area is 201 Å². The van der Waals surface area contributed by atoms with E-state index in [4.69, 9.17) is 4.74 Å². The maximum Gasteiger partial charge on any atom is 0.425 e. The number of fused-ring (bicyclic) bond motifs is 1. The SMILES string of the molecule is CCC(c1nc2ccccc2nc1OC(C1CCN(C(C)=O)CC1)C(F)(F)F)S(=O)(=O)NC(C)=O. The van der Waals surface area contributed by atoms with Crippen LogP contribution in [0.15, 0.2) is 24.3 Å². The van der Waals surface area contributed by atoms with E-state index >= 15 is 0 Å². The highest BCUT2D eigenvalue weighted by molar-refractivity contribution is 7.90. The smallest absolute Gasteiger partial charge is 0.425 e. The molecule has 1 aromatic heterocycles. The Balaban J connectivity index is 2.07. The summed E-state index contributed by atoms with van der Waals surface area (Å²) in [6.07, 6.45) is -7.05. The molecule has 9 nitrogen and oxygen atoms in total. The highest BCUT2D eigenvalue weighted by Gasteiger charge is 2.48. The van der Waals surface area contributed by atoms with E-state index < -0.39 is 45.3 Å². The highest BCUT2D eigenvalue weighted by Crippen LogP contribution is 2.38. The number of alkyl halides is 3. The first-order valence-corrected chi connectivity index (χ1v) is 12.7. The third-order valence-corrected chi connectivity index (χ3v) is 7.75. The van der Waals surface area contributed by atoms with Gasteiger partial charge in [-0.3, -0.25) is 14.3 Å². The molecule has 0 radical (unpaired) electrons. The molecule has 2 heterocycles. The summed E-state index contributed by atoms with van der Waals surface area (Å²) in [5.41, 5.74) is 0.186. The van der Waals surface area contributed by atoms with Crippen LogP contribution in [0.3, 0.4) is 0 Å². The molecular formula is C22H27F3N4O5S. The van der Waals surface area contributed by atoms with Crippen molar-refractivity contribution in [2.75, 3.05) is 13.1 Å². The number of ether oxygens (including phenoxy) is 1. The van der Waals surface area contributed by atoms with E-state index in [1.807, 2.05) is 4.72 Å². The molecular weight excluding hydrogens is 489 g/mol. The second kappa shape index (κ2) is 10.3. The van der Waals surface area contributed by atoms with E-state index in [0.717, 1.165) is 6.92 Å². The number of nitrogens with one attached hydrogen (secondary N) is 1. The fraction of sp³-hybridized carbons (Fsp3) is 0.545. The third-order valence-electron chi connectivity index (χ3n) is 5.87. The number of nitrogens with zero attached hydrogens (tertiary/aromatic N) is 3. The normalized spacial score (nSPS) is 17.1. The Morgan fingerprint density at radius 2 is 1.71 bits per heavy atom. The minimum Gasteiger partial charge on any atom is -0.463 e. The molecule has 0 spiro atoms. The number of amides is 2. The number of likely N-dealkylation sites (tertiary alicyclic amines) is 1. The highest BCUT2D eigenvalue weighted by atomic mass is 32.2. The first-order valence-electron chi connectivity index (χ1n) is 11.1. The second-order valence-corrected chi connectivity index (χ2v) is 10.3. The van der Waals surface area contributed by atoms with Crippen molar-refractivity contribution in [2.45, 2.75) is 57.6 Å². The molecule has 0 aliphatic carbocycles. The molecule has 1 fully saturated rings. The van der Waals surface area contributed by atoms with Gasteiger partial charge in [0, 0.05) is 32.9 Å². The summed E-state index contributed by atoms with van der Waals surface area (Å²) in [4.78, 5) is 33.0. The molecule has 35 heavy (non-hydrogen) atoms. The molecule has 3 rings (SSSR count). The number of benzene rings is 1. The van der Waals surface area contributed by atoms with Crippen molar-refractivity contribution in [3.63, 3.8) is 0 Å². The standard InChI is InChI=1S/C22H27F3N4O5S/c1-4-18(35(32,33)28-13(2)30)19-21(27-17-8-6-5-7-16(17)26-19)34-20(22(23,24)25)15-9-11-29(12-10-15)14(3)31/h5-8,15,18,20H,4,9-12H2,1-3H3,(H,28,30). The number of hydrogen-bond donors (Lipinski definition) is 1. The van der Waals surface area contributed by atoms with Gasteiger partial charge in [-0.1, -0.05) is 19.1 Å². The summed E-state index contributed by atoms with van der Waals surface area (Å²) in [5, 5.41) is -1.48. The predicted molar refractivity (Wildman–Crippen MR) is 121 cm³/mol. The van der Waals surface area contributed by atoms with E-state index in [1.165, 1.54) is 24.8 Å². The van der Waals surface area contributed by atoms with Crippen LogP contribution < -0.4 is 9.46 Å². The van der Waals surface area contributed by atoms with Crippen LogP contribution in [0.2, 0.25) is 0 Å². The van der Waals surface area contributed by atoms with Crippen molar-refractivity contribution < 1.29 is 35.9 Å². The molecule has 2 aromatic rings. The van der Waals surface area contributed by atoms with Crippen molar-refractivity contribution in [1.29, 1.82) is 0 Å². The zero-order valence-electron chi connectivity index (χ0n) is 19.5. The van der Waals surface area contributed by atoms with Gasteiger partial charge in [-0.05, 0) is 31.4 Å². The lowest BCUT2D eigenvalue weighted by atomic mass is 9.90. The van der Waals surface area contributed by atoms with Gasteiger partial charge in [-0.15, -0.1) is 0 Å². The van der Waals surface area contributed by atoms with Crippen LogP contribution in [0.25, 0.3) is 11.0 Å². The van der Waals surface area contributed by atoms with Gasteiger partial charge in [0.1, 0.15) is 10.9 Å². The van der Waals surface area contributed by atoms with Gasteiger partial charge >= 0.3 is 6.18 Å². The Kier molecular flexibility index (Phi) is 7.87. The van der Waals surface area contributed by atoms with Crippen LogP contribution in [-0.4, -0.2) is 60.5 Å². The molecule has 192 valence electrons. The number of piperidine rings is 1. The van der Waals surface area contributed by atoms with Gasteiger partial charge in [0.05, 0.1) is 11.0 Å². The quantitative estimate of drug-likeness (QED) is 0.601. The lowest BCUT2D eigenvalue weighted by Crippen LogP contribution is -2.47. The monoisotopic (exact) mass is 516 g/mol. The molecule has 1 saturated heterocycles. The van der Waals surface area contributed by atoms with Gasteiger partial charge in [0.25, 0.3) is 0 Å². The van der Waals surface area contributed by atoms with Crippen molar-refractivity contribution in [2.24, 2.45) is 5.92 Å². The molecule has 1 aliphatic rings. The van der Waals surface area contributed by atoms with E-state index in [1.54, 1.807) is 18.2 Å². The summed E-state index contributed by atoms with van der Waals surface area (Å²) >= 11 is 0. The summed E-state index contributed by atoms with van der Waals surface area (Å²) in [5.74, 6) is -2.59. The van der Waals surface area contributed by atoms with Gasteiger partial charge in [0.15, 0.2) is 6.10 Å². The molecule has 1 aliphatic heterocycles. The van der Waals surface area contributed by atoms with Crippen molar-refractivity contribution >= 4 is 32.9 Å². The van der Waals surface area contributed by atoms with Gasteiger partial charge in [-0.2, -0.15) is 13.2 Å². The minimum atomic E-state index is -4.79. The molecule has 1 aromatic carbocycles. The molecule has 2 amide bonds.